The first-order valence-corrected chi connectivity index (χ1v) is 7.16. The molecule has 0 aliphatic heterocycles. The maximum absolute atomic E-state index is 11.7. The van der Waals surface area contributed by atoms with E-state index in [0.29, 0.717) is 5.56 Å². The topological polar surface area (TPSA) is 26.3 Å². The molecule has 0 bridgehead atoms. The lowest BCUT2D eigenvalue weighted by atomic mass is 9.99. The summed E-state index contributed by atoms with van der Waals surface area (Å²) < 4.78 is 4.81. The monoisotopic (exact) mass is 318 g/mol. The van der Waals surface area contributed by atoms with Crippen molar-refractivity contribution in [3.05, 3.63) is 70.8 Å². The lowest BCUT2D eigenvalue weighted by molar-refractivity contribution is 0.0599. The quantitative estimate of drug-likeness (QED) is 0.630. The Bertz CT molecular complexity index is 561. The Hall–Kier alpha value is -1.61. The molecule has 0 saturated heterocycles. The van der Waals surface area contributed by atoms with Gasteiger partial charge in [0.15, 0.2) is 0 Å². The minimum absolute atomic E-state index is 0.285. The van der Waals surface area contributed by atoms with E-state index in [4.69, 9.17) is 4.74 Å². The molecule has 2 aromatic carbocycles. The molecule has 0 unspecified atom stereocenters. The van der Waals surface area contributed by atoms with E-state index in [1.54, 1.807) is 6.07 Å². The van der Waals surface area contributed by atoms with Crippen LogP contribution in [-0.2, 0) is 16.5 Å². The lowest BCUT2D eigenvalue weighted by Gasteiger charge is -2.08. The number of halogens is 1. The highest BCUT2D eigenvalue weighted by atomic mass is 79.9. The Labute approximate surface area is 121 Å². The molecule has 98 valence electrons. The van der Waals surface area contributed by atoms with E-state index in [9.17, 15) is 4.79 Å². The van der Waals surface area contributed by atoms with Crippen molar-refractivity contribution in [1.29, 1.82) is 0 Å². The summed E-state index contributed by atoms with van der Waals surface area (Å²) in [5.41, 5.74) is 4.04. The van der Waals surface area contributed by atoms with Crippen molar-refractivity contribution in [2.75, 3.05) is 7.11 Å². The summed E-state index contributed by atoms with van der Waals surface area (Å²) >= 11 is 3.43. The van der Waals surface area contributed by atoms with E-state index in [2.05, 4.69) is 40.2 Å². The van der Waals surface area contributed by atoms with Crippen molar-refractivity contribution in [2.24, 2.45) is 0 Å². The summed E-state index contributed by atoms with van der Waals surface area (Å²) in [6.07, 6.45) is 0.730. The largest absolute Gasteiger partial charge is 0.465 e. The zero-order valence-electron chi connectivity index (χ0n) is 10.7. The maximum Gasteiger partial charge on any atom is 0.338 e. The number of methoxy groups -OCH3 is 1. The Kier molecular flexibility index (Phi) is 4.74. The molecule has 0 saturated carbocycles. The Balaban J connectivity index is 2.25. The highest BCUT2D eigenvalue weighted by molar-refractivity contribution is 9.08. The van der Waals surface area contributed by atoms with Crippen LogP contribution in [0.1, 0.15) is 27.0 Å². The average molecular weight is 319 g/mol. The summed E-state index contributed by atoms with van der Waals surface area (Å²) in [7, 11) is 1.41. The summed E-state index contributed by atoms with van der Waals surface area (Å²) in [5.74, 6) is -0.285. The van der Waals surface area contributed by atoms with Crippen LogP contribution in [-0.4, -0.2) is 13.1 Å². The van der Waals surface area contributed by atoms with Crippen LogP contribution in [0.3, 0.4) is 0 Å². The fourth-order valence-electron chi connectivity index (χ4n) is 1.95. The van der Waals surface area contributed by atoms with Gasteiger partial charge in [0.05, 0.1) is 12.7 Å². The van der Waals surface area contributed by atoms with Gasteiger partial charge in [-0.1, -0.05) is 58.4 Å². The third-order valence-electron chi connectivity index (χ3n) is 2.99. The Morgan fingerprint density at radius 3 is 2.32 bits per heavy atom. The first kappa shape index (κ1) is 13.8. The zero-order valence-corrected chi connectivity index (χ0v) is 12.3. The number of esters is 1. The van der Waals surface area contributed by atoms with Gasteiger partial charge in [0.1, 0.15) is 0 Å². The number of ether oxygens (including phenoxy) is 1. The van der Waals surface area contributed by atoms with Crippen molar-refractivity contribution in [3.63, 3.8) is 0 Å². The van der Waals surface area contributed by atoms with Gasteiger partial charge in [0.25, 0.3) is 0 Å². The predicted molar refractivity (Wildman–Crippen MR) is 79.7 cm³/mol. The third-order valence-corrected chi connectivity index (χ3v) is 3.64. The van der Waals surface area contributed by atoms with Crippen LogP contribution in [0.15, 0.2) is 48.5 Å². The van der Waals surface area contributed by atoms with Crippen LogP contribution in [0.2, 0.25) is 0 Å². The summed E-state index contributed by atoms with van der Waals surface area (Å²) in [6.45, 7) is 0. The predicted octanol–water partition coefficient (Wildman–Crippen LogP) is 3.96. The highest BCUT2D eigenvalue weighted by Gasteiger charge is 2.10. The molecule has 2 rings (SSSR count). The average Bonchev–Trinajstić information content (AvgIpc) is 2.48. The van der Waals surface area contributed by atoms with E-state index < -0.39 is 0 Å². The van der Waals surface area contributed by atoms with Crippen molar-refractivity contribution in [3.8, 4) is 0 Å². The molecule has 0 aliphatic rings. The van der Waals surface area contributed by atoms with Gasteiger partial charge in [-0.2, -0.15) is 0 Å². The van der Waals surface area contributed by atoms with E-state index >= 15 is 0 Å². The van der Waals surface area contributed by atoms with Crippen LogP contribution in [0.4, 0.5) is 0 Å². The molecular weight excluding hydrogens is 304 g/mol. The maximum atomic E-state index is 11.7. The van der Waals surface area contributed by atoms with Crippen molar-refractivity contribution < 1.29 is 9.53 Å². The normalized spacial score (nSPS) is 10.2. The minimum atomic E-state index is -0.285. The summed E-state index contributed by atoms with van der Waals surface area (Å²) in [4.78, 5) is 11.7. The number of benzene rings is 2. The number of carbonyl (C=O) groups is 1. The van der Waals surface area contributed by atoms with Gasteiger partial charge in [-0.15, -0.1) is 0 Å². The minimum Gasteiger partial charge on any atom is -0.465 e. The molecule has 0 radical (unpaired) electrons. The van der Waals surface area contributed by atoms with Gasteiger partial charge in [0, 0.05) is 5.33 Å². The Morgan fingerprint density at radius 2 is 1.68 bits per heavy atom. The molecule has 0 fully saturated rings. The summed E-state index contributed by atoms with van der Waals surface area (Å²) in [5, 5.41) is 0.853. The van der Waals surface area contributed by atoms with Crippen LogP contribution >= 0.6 is 15.9 Å². The molecular formula is C16H15BrO2. The number of carbonyl (C=O) groups excluding carboxylic acids is 1. The molecule has 0 amide bonds. The number of hydrogen-bond donors (Lipinski definition) is 0. The fraction of sp³-hybridized carbons (Fsp3) is 0.188. The molecule has 0 aromatic heterocycles. The second kappa shape index (κ2) is 6.53. The first-order chi connectivity index (χ1) is 9.24. The first-order valence-electron chi connectivity index (χ1n) is 6.04. The van der Waals surface area contributed by atoms with Gasteiger partial charge < -0.3 is 4.74 Å². The smallest absolute Gasteiger partial charge is 0.338 e. The van der Waals surface area contributed by atoms with Crippen LogP contribution < -0.4 is 0 Å². The van der Waals surface area contributed by atoms with Gasteiger partial charge in [-0.05, 0) is 29.2 Å². The summed E-state index contributed by atoms with van der Waals surface area (Å²) in [6, 6.07) is 15.9. The van der Waals surface area contributed by atoms with Crippen molar-refractivity contribution >= 4 is 21.9 Å². The van der Waals surface area contributed by atoms with E-state index in [1.165, 1.54) is 18.2 Å². The SMILES string of the molecule is COC(=O)c1ccccc1Cc1ccc(CBr)cc1. The Morgan fingerprint density at radius 1 is 1.05 bits per heavy atom. The lowest BCUT2D eigenvalue weighted by Crippen LogP contribution is -2.05. The van der Waals surface area contributed by atoms with Gasteiger partial charge in [-0.25, -0.2) is 4.79 Å². The molecule has 2 nitrogen and oxygen atoms in total. The van der Waals surface area contributed by atoms with E-state index in [0.717, 1.165) is 17.3 Å². The number of hydrogen-bond acceptors (Lipinski definition) is 2. The van der Waals surface area contributed by atoms with E-state index in [1.807, 2.05) is 18.2 Å². The second-order valence-corrected chi connectivity index (χ2v) is 4.84. The number of alkyl halides is 1. The van der Waals surface area contributed by atoms with Crippen LogP contribution in [0.25, 0.3) is 0 Å². The molecule has 3 heteroatoms. The van der Waals surface area contributed by atoms with Crippen LogP contribution in [0.5, 0.6) is 0 Å². The van der Waals surface area contributed by atoms with Gasteiger partial charge >= 0.3 is 5.97 Å². The molecule has 0 atom stereocenters. The van der Waals surface area contributed by atoms with Crippen LogP contribution in [0, 0.1) is 0 Å². The zero-order chi connectivity index (χ0) is 13.7. The molecule has 0 aliphatic carbocycles. The van der Waals surface area contributed by atoms with Gasteiger partial charge in [-0.3, -0.25) is 0 Å². The van der Waals surface area contributed by atoms with Gasteiger partial charge in [0.2, 0.25) is 0 Å². The molecule has 0 heterocycles. The molecule has 0 N–H and O–H groups in total. The third kappa shape index (κ3) is 3.44. The van der Waals surface area contributed by atoms with Crippen molar-refractivity contribution in [2.45, 2.75) is 11.8 Å². The van der Waals surface area contributed by atoms with E-state index in [-0.39, 0.29) is 5.97 Å². The fourth-order valence-corrected chi connectivity index (χ4v) is 2.32. The molecule has 19 heavy (non-hydrogen) atoms. The number of rotatable bonds is 4. The second-order valence-electron chi connectivity index (χ2n) is 4.28. The molecule has 2 aromatic rings. The molecule has 0 spiro atoms. The van der Waals surface area contributed by atoms with Crippen molar-refractivity contribution in [1.82, 2.24) is 0 Å². The highest BCUT2D eigenvalue weighted by Crippen LogP contribution is 2.16. The standard InChI is InChI=1S/C16H15BrO2/c1-19-16(18)15-5-3-2-4-14(15)10-12-6-8-13(11-17)9-7-12/h2-9H,10-11H2,1H3.